The SMILES string of the molecule is [2H]c1c([2H])c([2H])c2c(sc3ccc(-c4ccc(N(c5ccc(-c6cccc7c6oc6ccccc67)cc5)c5ccc6ccccc6c5)cc4)cc32)c1[2H]. The number of anilines is 3. The van der Waals surface area contributed by atoms with Crippen LogP contribution in [0.2, 0.25) is 0 Å². The van der Waals surface area contributed by atoms with E-state index in [2.05, 4.69) is 126 Å². The maximum atomic E-state index is 8.62. The summed E-state index contributed by atoms with van der Waals surface area (Å²) in [4.78, 5) is 2.27. The van der Waals surface area contributed by atoms with E-state index < -0.39 is 0 Å². The molecule has 10 aromatic rings. The Kier molecular flexibility index (Phi) is 5.51. The molecule has 10 rings (SSSR count). The molecule has 0 spiro atoms. The van der Waals surface area contributed by atoms with Gasteiger partial charge in [0.05, 0.1) is 5.48 Å². The minimum Gasteiger partial charge on any atom is -0.455 e. The Hall–Kier alpha value is -6.16. The fourth-order valence-electron chi connectivity index (χ4n) is 7.00. The summed E-state index contributed by atoms with van der Waals surface area (Å²) >= 11 is 1.41. The molecule has 0 saturated heterocycles. The van der Waals surface area contributed by atoms with Crippen LogP contribution in [-0.4, -0.2) is 0 Å². The molecule has 0 aliphatic heterocycles. The van der Waals surface area contributed by atoms with Gasteiger partial charge in [-0.1, -0.05) is 115 Å². The van der Waals surface area contributed by atoms with Crippen LogP contribution in [0.3, 0.4) is 0 Å². The molecule has 2 heterocycles. The third-order valence-corrected chi connectivity index (χ3v) is 10.5. The Morgan fingerprint density at radius 1 is 0.469 bits per heavy atom. The standard InChI is InChI=1S/C46H29NOS/c1-2-9-33-28-37(26-18-30(33)8-1)47(35-22-16-31(17-23-35)34-21-27-45-42(29-34)40-11-4-6-15-44(40)49-45)36-24-19-32(20-25-36)38-12-7-13-41-39-10-3-5-14-43(39)48-46(38)41/h1-29H/i4D,6D,11D,15D. The van der Waals surface area contributed by atoms with Crippen molar-refractivity contribution in [3.8, 4) is 22.3 Å². The molecule has 0 aliphatic carbocycles. The molecule has 0 amide bonds. The molecule has 0 bridgehead atoms. The molecular weight excluding hydrogens is 615 g/mol. The fourth-order valence-corrected chi connectivity index (χ4v) is 7.99. The average molecular weight is 648 g/mol. The fraction of sp³-hybridized carbons (Fsp3) is 0. The second kappa shape index (κ2) is 11.2. The van der Waals surface area contributed by atoms with Gasteiger partial charge in [-0.05, 0) is 88.1 Å². The molecule has 8 aromatic carbocycles. The average Bonchev–Trinajstić information content (AvgIpc) is 3.79. The summed E-state index contributed by atoms with van der Waals surface area (Å²) < 4.78 is 41.3. The third kappa shape index (κ3) is 4.70. The molecule has 0 aliphatic rings. The molecule has 0 N–H and O–H groups in total. The van der Waals surface area contributed by atoms with Crippen LogP contribution in [0.25, 0.3) is 75.1 Å². The number of furan rings is 1. The van der Waals surface area contributed by atoms with E-state index in [1.807, 2.05) is 30.3 Å². The zero-order chi connectivity index (χ0) is 35.8. The van der Waals surface area contributed by atoms with Gasteiger partial charge in [0.1, 0.15) is 11.2 Å². The van der Waals surface area contributed by atoms with Gasteiger partial charge in [0.25, 0.3) is 0 Å². The van der Waals surface area contributed by atoms with Crippen LogP contribution in [0, 0.1) is 0 Å². The van der Waals surface area contributed by atoms with Gasteiger partial charge in [0.15, 0.2) is 0 Å². The smallest absolute Gasteiger partial charge is 0.143 e. The second-order valence-electron chi connectivity index (χ2n) is 12.3. The summed E-state index contributed by atoms with van der Waals surface area (Å²) in [5.74, 6) is 0. The number of nitrogens with zero attached hydrogens (tertiary/aromatic N) is 1. The highest BCUT2D eigenvalue weighted by atomic mass is 32.1. The lowest BCUT2D eigenvalue weighted by atomic mass is 10.0. The monoisotopic (exact) mass is 647 g/mol. The topological polar surface area (TPSA) is 16.4 Å². The summed E-state index contributed by atoms with van der Waals surface area (Å²) in [5.41, 5.74) is 8.98. The predicted molar refractivity (Wildman–Crippen MR) is 210 cm³/mol. The van der Waals surface area contributed by atoms with Gasteiger partial charge in [-0.15, -0.1) is 11.3 Å². The van der Waals surface area contributed by atoms with Crippen molar-refractivity contribution in [3.63, 3.8) is 0 Å². The first-order chi connectivity index (χ1) is 25.9. The lowest BCUT2D eigenvalue weighted by molar-refractivity contribution is 0.670. The summed E-state index contributed by atoms with van der Waals surface area (Å²) in [6, 6.07) is 52.3. The second-order valence-corrected chi connectivity index (χ2v) is 13.3. The zero-order valence-electron chi connectivity index (χ0n) is 30.2. The summed E-state index contributed by atoms with van der Waals surface area (Å²) in [5, 5.41) is 5.99. The van der Waals surface area contributed by atoms with E-state index in [1.165, 1.54) is 16.7 Å². The van der Waals surface area contributed by atoms with Gasteiger partial charge in [0, 0.05) is 53.6 Å². The van der Waals surface area contributed by atoms with Crippen LogP contribution in [0.4, 0.5) is 17.1 Å². The van der Waals surface area contributed by atoms with E-state index in [0.29, 0.717) is 10.1 Å². The lowest BCUT2D eigenvalue weighted by Crippen LogP contribution is -2.09. The predicted octanol–water partition coefficient (Wildman–Crippen LogP) is 13.9. The molecule has 230 valence electrons. The van der Waals surface area contributed by atoms with E-state index in [0.717, 1.165) is 76.7 Å². The van der Waals surface area contributed by atoms with Crippen molar-refractivity contribution < 1.29 is 9.90 Å². The van der Waals surface area contributed by atoms with Crippen LogP contribution in [0.5, 0.6) is 0 Å². The molecule has 0 unspecified atom stereocenters. The van der Waals surface area contributed by atoms with Gasteiger partial charge < -0.3 is 9.32 Å². The minimum absolute atomic E-state index is 0.00561. The Labute approximate surface area is 293 Å². The molecule has 0 fully saturated rings. The number of rotatable bonds is 5. The number of thiophene rings is 1. The van der Waals surface area contributed by atoms with Gasteiger partial charge in [0.2, 0.25) is 0 Å². The number of hydrogen-bond acceptors (Lipinski definition) is 3. The first-order valence-corrected chi connectivity index (χ1v) is 17.1. The van der Waals surface area contributed by atoms with E-state index in [1.54, 1.807) is 0 Å². The van der Waals surface area contributed by atoms with Crippen molar-refractivity contribution in [2.75, 3.05) is 4.90 Å². The Morgan fingerprint density at radius 3 is 2.02 bits per heavy atom. The van der Waals surface area contributed by atoms with Crippen molar-refractivity contribution in [1.29, 1.82) is 0 Å². The molecule has 2 aromatic heterocycles. The largest absolute Gasteiger partial charge is 0.455 e. The van der Waals surface area contributed by atoms with E-state index in [9.17, 15) is 0 Å². The van der Waals surface area contributed by atoms with Crippen LogP contribution in [-0.2, 0) is 0 Å². The Morgan fingerprint density at radius 2 is 1.16 bits per heavy atom. The van der Waals surface area contributed by atoms with Gasteiger partial charge in [-0.2, -0.15) is 0 Å². The number of para-hydroxylation sites is 2. The first-order valence-electron chi connectivity index (χ1n) is 18.3. The van der Waals surface area contributed by atoms with Crippen LogP contribution in [0.1, 0.15) is 5.48 Å². The molecular formula is C46H29NOS. The zero-order valence-corrected chi connectivity index (χ0v) is 27.0. The maximum absolute atomic E-state index is 8.62. The van der Waals surface area contributed by atoms with Crippen molar-refractivity contribution >= 4 is 81.3 Å². The maximum Gasteiger partial charge on any atom is 0.143 e. The highest BCUT2D eigenvalue weighted by Crippen LogP contribution is 2.41. The number of fused-ring (bicyclic) bond motifs is 7. The van der Waals surface area contributed by atoms with Crippen LogP contribution < -0.4 is 4.90 Å². The Balaban J connectivity index is 1.06. The molecule has 0 saturated carbocycles. The summed E-state index contributed by atoms with van der Waals surface area (Å²) in [7, 11) is 0. The van der Waals surface area contributed by atoms with Gasteiger partial charge in [-0.3, -0.25) is 0 Å². The van der Waals surface area contributed by atoms with E-state index in [-0.39, 0.29) is 24.2 Å². The highest BCUT2D eigenvalue weighted by Gasteiger charge is 2.16. The Bertz CT molecular complexity index is 3060. The third-order valence-electron chi connectivity index (χ3n) is 9.40. The van der Waals surface area contributed by atoms with Crippen molar-refractivity contribution in [2.24, 2.45) is 0 Å². The number of hydrogen-bond donors (Lipinski definition) is 0. The van der Waals surface area contributed by atoms with Crippen LogP contribution >= 0.6 is 11.3 Å². The normalized spacial score (nSPS) is 12.8. The van der Waals surface area contributed by atoms with Gasteiger partial charge >= 0.3 is 0 Å². The first kappa shape index (κ1) is 24.1. The van der Waals surface area contributed by atoms with Crippen molar-refractivity contribution in [2.45, 2.75) is 0 Å². The minimum atomic E-state index is -0.203. The quantitative estimate of drug-likeness (QED) is 0.185. The molecule has 0 radical (unpaired) electrons. The summed E-state index contributed by atoms with van der Waals surface area (Å²) in [6.07, 6.45) is 0. The van der Waals surface area contributed by atoms with Gasteiger partial charge in [-0.25, -0.2) is 0 Å². The van der Waals surface area contributed by atoms with Crippen molar-refractivity contribution in [1.82, 2.24) is 0 Å². The highest BCUT2D eigenvalue weighted by molar-refractivity contribution is 7.25. The molecule has 49 heavy (non-hydrogen) atoms. The van der Waals surface area contributed by atoms with E-state index in [4.69, 9.17) is 9.90 Å². The molecule has 0 atom stereocenters. The van der Waals surface area contributed by atoms with E-state index >= 15 is 0 Å². The summed E-state index contributed by atoms with van der Waals surface area (Å²) in [6.45, 7) is 0. The molecule has 2 nitrogen and oxygen atoms in total. The van der Waals surface area contributed by atoms with Crippen LogP contribution in [0.15, 0.2) is 180 Å². The lowest BCUT2D eigenvalue weighted by Gasteiger charge is -2.26. The van der Waals surface area contributed by atoms with Crippen molar-refractivity contribution in [3.05, 3.63) is 176 Å². The number of benzene rings is 8. The molecule has 3 heteroatoms.